The maximum Gasteiger partial charge on any atom is 0.109 e. The first-order valence-corrected chi connectivity index (χ1v) is 5.51. The molecule has 84 valence electrons. The smallest absolute Gasteiger partial charge is 0.109 e. The zero-order chi connectivity index (χ0) is 11.3. The molecule has 0 fully saturated rings. The van der Waals surface area contributed by atoms with E-state index in [9.17, 15) is 0 Å². The maximum atomic E-state index is 5.52. The average molecular weight is 226 g/mol. The zero-order valence-electron chi connectivity index (χ0n) is 9.31. The lowest BCUT2D eigenvalue weighted by atomic mass is 10.3. The molecular formula is C10H18N4S. The number of nitrogens with two attached hydrogens (primary N) is 1. The van der Waals surface area contributed by atoms with E-state index in [2.05, 4.69) is 16.8 Å². The van der Waals surface area contributed by atoms with Crippen LogP contribution in [0.2, 0.25) is 0 Å². The van der Waals surface area contributed by atoms with Gasteiger partial charge in [0.1, 0.15) is 5.82 Å². The predicted octanol–water partition coefficient (Wildman–Crippen LogP) is 0.571. The molecule has 4 nitrogen and oxygen atoms in total. The van der Waals surface area contributed by atoms with Gasteiger partial charge < -0.3 is 10.3 Å². The highest BCUT2D eigenvalue weighted by Crippen LogP contribution is 1.98. The lowest BCUT2D eigenvalue weighted by Gasteiger charge is -2.19. The first-order chi connectivity index (χ1) is 7.13. The fraction of sp³-hybridized carbons (Fsp3) is 0.600. The van der Waals surface area contributed by atoms with Crippen molar-refractivity contribution in [2.45, 2.75) is 13.3 Å². The van der Waals surface area contributed by atoms with Crippen molar-refractivity contribution in [3.8, 4) is 0 Å². The van der Waals surface area contributed by atoms with Crippen LogP contribution in [0.4, 0.5) is 0 Å². The second kappa shape index (κ2) is 5.82. The number of likely N-dealkylation sites (N-methyl/N-ethyl adjacent to an activating group) is 1. The molecule has 0 spiro atoms. The number of nitrogens with zero attached hydrogens (tertiary/aromatic N) is 3. The number of thiocarbonyl (C=S) groups is 1. The van der Waals surface area contributed by atoms with Gasteiger partial charge in [0.05, 0.1) is 4.99 Å². The van der Waals surface area contributed by atoms with Crippen LogP contribution in [0.15, 0.2) is 12.4 Å². The third kappa shape index (κ3) is 3.97. The standard InChI is InChI=1S/C10H18N4S/c1-3-14(8-9(11)15)6-4-10-12-5-7-13(10)2/h5,7H,3-4,6,8H2,1-2H3,(H2,11,15). The Morgan fingerprint density at radius 2 is 2.40 bits per heavy atom. The Morgan fingerprint density at radius 1 is 1.67 bits per heavy atom. The number of hydrogen-bond donors (Lipinski definition) is 1. The van der Waals surface area contributed by atoms with Crippen LogP contribution < -0.4 is 5.73 Å². The molecule has 0 unspecified atom stereocenters. The van der Waals surface area contributed by atoms with Crippen LogP contribution in [0.5, 0.6) is 0 Å². The lowest BCUT2D eigenvalue weighted by Crippen LogP contribution is -2.34. The molecule has 0 radical (unpaired) electrons. The summed E-state index contributed by atoms with van der Waals surface area (Å²) in [5.74, 6) is 1.09. The minimum atomic E-state index is 0.552. The molecule has 0 amide bonds. The summed E-state index contributed by atoms with van der Waals surface area (Å²) in [4.78, 5) is 7.05. The van der Waals surface area contributed by atoms with E-state index in [4.69, 9.17) is 18.0 Å². The van der Waals surface area contributed by atoms with Crippen molar-refractivity contribution in [3.63, 3.8) is 0 Å². The average Bonchev–Trinajstić information content (AvgIpc) is 2.58. The van der Waals surface area contributed by atoms with Gasteiger partial charge in [-0.1, -0.05) is 19.1 Å². The SMILES string of the molecule is CCN(CCc1nccn1C)CC(N)=S. The minimum absolute atomic E-state index is 0.552. The second-order valence-electron chi connectivity index (χ2n) is 3.54. The number of aromatic nitrogens is 2. The quantitative estimate of drug-likeness (QED) is 0.721. The molecule has 0 aliphatic rings. The van der Waals surface area contributed by atoms with Gasteiger partial charge in [-0.05, 0) is 6.54 Å². The molecule has 0 aliphatic carbocycles. The molecule has 1 aromatic rings. The lowest BCUT2D eigenvalue weighted by molar-refractivity contribution is 0.329. The van der Waals surface area contributed by atoms with E-state index in [0.29, 0.717) is 11.5 Å². The highest BCUT2D eigenvalue weighted by atomic mass is 32.1. The Kier molecular flexibility index (Phi) is 4.71. The number of hydrogen-bond acceptors (Lipinski definition) is 3. The summed E-state index contributed by atoms with van der Waals surface area (Å²) in [6.45, 7) is 4.70. The summed E-state index contributed by atoms with van der Waals surface area (Å²) in [6.07, 6.45) is 4.71. The zero-order valence-corrected chi connectivity index (χ0v) is 10.1. The molecule has 15 heavy (non-hydrogen) atoms. The molecule has 0 aliphatic heterocycles. The third-order valence-electron chi connectivity index (χ3n) is 2.40. The van der Waals surface area contributed by atoms with Crippen molar-refractivity contribution >= 4 is 17.2 Å². The molecule has 0 atom stereocenters. The van der Waals surface area contributed by atoms with Crippen LogP contribution >= 0.6 is 12.2 Å². The normalized spacial score (nSPS) is 10.9. The van der Waals surface area contributed by atoms with Crippen LogP contribution in [0, 0.1) is 0 Å². The van der Waals surface area contributed by atoms with E-state index < -0.39 is 0 Å². The maximum absolute atomic E-state index is 5.52. The number of imidazole rings is 1. The van der Waals surface area contributed by atoms with E-state index in [1.54, 1.807) is 0 Å². The van der Waals surface area contributed by atoms with Crippen molar-refractivity contribution in [3.05, 3.63) is 18.2 Å². The van der Waals surface area contributed by atoms with E-state index in [0.717, 1.165) is 25.3 Å². The van der Waals surface area contributed by atoms with Crippen LogP contribution in [0.25, 0.3) is 0 Å². The number of aryl methyl sites for hydroxylation is 1. The molecule has 0 saturated carbocycles. The summed E-state index contributed by atoms with van der Waals surface area (Å²) < 4.78 is 2.04. The largest absolute Gasteiger partial charge is 0.392 e. The summed E-state index contributed by atoms with van der Waals surface area (Å²) in [6, 6.07) is 0. The Balaban J connectivity index is 2.41. The Morgan fingerprint density at radius 3 is 2.87 bits per heavy atom. The molecular weight excluding hydrogens is 208 g/mol. The third-order valence-corrected chi connectivity index (χ3v) is 2.53. The Labute approximate surface area is 96.1 Å². The molecule has 1 aromatic heterocycles. The summed E-state index contributed by atoms with van der Waals surface area (Å²) in [5, 5.41) is 0. The van der Waals surface area contributed by atoms with Crippen molar-refractivity contribution < 1.29 is 0 Å². The Bertz CT molecular complexity index is 321. The van der Waals surface area contributed by atoms with Crippen molar-refractivity contribution in [1.29, 1.82) is 0 Å². The first kappa shape index (κ1) is 12.1. The molecule has 0 saturated heterocycles. The van der Waals surface area contributed by atoms with Crippen molar-refractivity contribution in [2.75, 3.05) is 19.6 Å². The summed E-state index contributed by atoms with van der Waals surface area (Å²) >= 11 is 4.89. The fourth-order valence-electron chi connectivity index (χ4n) is 1.46. The van der Waals surface area contributed by atoms with Crippen LogP contribution in [-0.4, -0.2) is 39.1 Å². The van der Waals surface area contributed by atoms with Gasteiger partial charge in [-0.25, -0.2) is 4.98 Å². The molecule has 0 bridgehead atoms. The van der Waals surface area contributed by atoms with E-state index >= 15 is 0 Å². The molecule has 1 heterocycles. The minimum Gasteiger partial charge on any atom is -0.392 e. The van der Waals surface area contributed by atoms with Gasteiger partial charge in [0.2, 0.25) is 0 Å². The molecule has 0 aromatic carbocycles. The number of rotatable bonds is 6. The van der Waals surface area contributed by atoms with Gasteiger partial charge >= 0.3 is 0 Å². The van der Waals surface area contributed by atoms with E-state index in [1.165, 1.54) is 0 Å². The molecule has 2 N–H and O–H groups in total. The van der Waals surface area contributed by atoms with Crippen molar-refractivity contribution in [2.24, 2.45) is 12.8 Å². The van der Waals surface area contributed by atoms with Gasteiger partial charge in [0.25, 0.3) is 0 Å². The monoisotopic (exact) mass is 226 g/mol. The highest BCUT2D eigenvalue weighted by Gasteiger charge is 2.05. The van der Waals surface area contributed by atoms with E-state index in [-0.39, 0.29) is 0 Å². The molecule has 5 heteroatoms. The first-order valence-electron chi connectivity index (χ1n) is 5.10. The van der Waals surface area contributed by atoms with E-state index in [1.807, 2.05) is 24.0 Å². The van der Waals surface area contributed by atoms with Crippen LogP contribution in [0.1, 0.15) is 12.7 Å². The fourth-order valence-corrected chi connectivity index (χ4v) is 1.65. The summed E-state index contributed by atoms with van der Waals surface area (Å²) in [7, 11) is 2.01. The summed E-state index contributed by atoms with van der Waals surface area (Å²) in [5.41, 5.74) is 5.52. The van der Waals surface area contributed by atoms with Gasteiger partial charge in [0, 0.05) is 39.0 Å². The highest BCUT2D eigenvalue weighted by molar-refractivity contribution is 7.80. The molecule has 1 rings (SSSR count). The van der Waals surface area contributed by atoms with Gasteiger partial charge in [-0.2, -0.15) is 0 Å². The van der Waals surface area contributed by atoms with Crippen molar-refractivity contribution in [1.82, 2.24) is 14.5 Å². The van der Waals surface area contributed by atoms with Gasteiger partial charge in [0.15, 0.2) is 0 Å². The second-order valence-corrected chi connectivity index (χ2v) is 4.06. The van der Waals surface area contributed by atoms with Gasteiger partial charge in [-0.3, -0.25) is 4.90 Å². The van der Waals surface area contributed by atoms with Crippen LogP contribution in [0.3, 0.4) is 0 Å². The Hall–Kier alpha value is -0.940. The van der Waals surface area contributed by atoms with Crippen LogP contribution in [-0.2, 0) is 13.5 Å². The van der Waals surface area contributed by atoms with Gasteiger partial charge in [-0.15, -0.1) is 0 Å². The predicted molar refractivity (Wildman–Crippen MR) is 65.8 cm³/mol. The topological polar surface area (TPSA) is 47.1 Å².